The number of H-pyrrole nitrogens is 1. The van der Waals surface area contributed by atoms with Crippen molar-refractivity contribution in [2.45, 2.75) is 5.16 Å². The van der Waals surface area contributed by atoms with Gasteiger partial charge in [0.1, 0.15) is 17.2 Å². The molecule has 0 bridgehead atoms. The van der Waals surface area contributed by atoms with E-state index in [4.69, 9.17) is 14.2 Å². The maximum atomic E-state index is 11.6. The number of ether oxygens (including phenoxy) is 3. The standard InChI is InChI=1S/C20H19N3O5S/c1-26-14-6-4-5-12(7-14)8-17(19(24)25)29-20-21-18(22-23-20)13-9-15(27-2)11-16(10-13)28-3/h4-11H,1-3H3,(H,24,25)(H,21,22,23)/p-1/b17-8+. The Morgan fingerprint density at radius 3 is 2.34 bits per heavy atom. The van der Waals surface area contributed by atoms with E-state index in [9.17, 15) is 9.90 Å². The molecule has 3 aromatic rings. The Bertz CT molecular complexity index is 1030. The number of aliphatic carboxylic acids is 1. The minimum Gasteiger partial charge on any atom is -0.544 e. The fourth-order valence-corrected chi connectivity index (χ4v) is 3.18. The molecule has 0 fully saturated rings. The lowest BCUT2D eigenvalue weighted by Crippen LogP contribution is -2.23. The monoisotopic (exact) mass is 412 g/mol. The van der Waals surface area contributed by atoms with Crippen molar-refractivity contribution in [3.05, 3.63) is 52.9 Å². The van der Waals surface area contributed by atoms with Gasteiger partial charge in [-0.1, -0.05) is 12.1 Å². The Kier molecular flexibility index (Phi) is 6.40. The van der Waals surface area contributed by atoms with Crippen LogP contribution in [-0.4, -0.2) is 42.5 Å². The molecular weight excluding hydrogens is 394 g/mol. The molecule has 1 aromatic heterocycles. The maximum Gasteiger partial charge on any atom is 0.213 e. The summed E-state index contributed by atoms with van der Waals surface area (Å²) in [7, 11) is 4.64. The minimum absolute atomic E-state index is 0.0352. The first kappa shape index (κ1) is 20.3. The van der Waals surface area contributed by atoms with E-state index >= 15 is 0 Å². The fraction of sp³-hybridized carbons (Fsp3) is 0.150. The van der Waals surface area contributed by atoms with Crippen LogP contribution in [0.4, 0.5) is 0 Å². The van der Waals surface area contributed by atoms with Crippen LogP contribution >= 0.6 is 11.8 Å². The van der Waals surface area contributed by atoms with Crippen LogP contribution in [0, 0.1) is 0 Å². The minimum atomic E-state index is -1.33. The molecule has 29 heavy (non-hydrogen) atoms. The molecule has 0 aliphatic carbocycles. The van der Waals surface area contributed by atoms with E-state index in [1.807, 2.05) is 0 Å². The number of thioether (sulfide) groups is 1. The number of benzene rings is 2. The summed E-state index contributed by atoms with van der Waals surface area (Å²) in [4.78, 5) is 15.9. The third-order valence-corrected chi connectivity index (χ3v) is 4.75. The lowest BCUT2D eigenvalue weighted by atomic mass is 10.2. The number of nitrogens with zero attached hydrogens (tertiary/aromatic N) is 2. The van der Waals surface area contributed by atoms with Crippen molar-refractivity contribution in [1.82, 2.24) is 15.2 Å². The Hall–Kier alpha value is -3.46. The van der Waals surface area contributed by atoms with Gasteiger partial charge in [-0.15, -0.1) is 5.10 Å². The van der Waals surface area contributed by atoms with Gasteiger partial charge in [-0.25, -0.2) is 4.98 Å². The number of carboxylic acid groups (broad SMARTS) is 1. The number of aromatic amines is 1. The second kappa shape index (κ2) is 9.16. The van der Waals surface area contributed by atoms with Gasteiger partial charge in [-0.3, -0.25) is 5.10 Å². The van der Waals surface area contributed by atoms with Gasteiger partial charge >= 0.3 is 0 Å². The number of carboxylic acids is 1. The van der Waals surface area contributed by atoms with E-state index in [1.165, 1.54) is 6.08 Å². The second-order valence-corrected chi connectivity index (χ2v) is 6.75. The van der Waals surface area contributed by atoms with Gasteiger partial charge < -0.3 is 24.1 Å². The zero-order valence-electron chi connectivity index (χ0n) is 16.0. The molecule has 2 aromatic carbocycles. The molecule has 0 atom stereocenters. The van der Waals surface area contributed by atoms with Gasteiger partial charge in [0, 0.05) is 16.5 Å². The zero-order valence-corrected chi connectivity index (χ0v) is 16.8. The van der Waals surface area contributed by atoms with E-state index in [1.54, 1.807) is 63.8 Å². The summed E-state index contributed by atoms with van der Waals surface area (Å²) >= 11 is 0.883. The molecule has 0 saturated carbocycles. The van der Waals surface area contributed by atoms with Gasteiger partial charge in [0.2, 0.25) is 5.16 Å². The molecule has 3 rings (SSSR count). The summed E-state index contributed by atoms with van der Waals surface area (Å²) in [6, 6.07) is 12.3. The molecule has 0 aliphatic heterocycles. The molecule has 0 amide bonds. The quantitative estimate of drug-likeness (QED) is 0.444. The van der Waals surface area contributed by atoms with Crippen LogP contribution in [-0.2, 0) is 4.79 Å². The molecule has 1 N–H and O–H groups in total. The molecule has 9 heteroatoms. The molecule has 8 nitrogen and oxygen atoms in total. The molecule has 0 radical (unpaired) electrons. The Morgan fingerprint density at radius 1 is 1.03 bits per heavy atom. The van der Waals surface area contributed by atoms with Crippen molar-refractivity contribution < 1.29 is 24.1 Å². The fourth-order valence-electron chi connectivity index (χ4n) is 2.48. The van der Waals surface area contributed by atoms with Gasteiger partial charge in [0.15, 0.2) is 5.82 Å². The van der Waals surface area contributed by atoms with Gasteiger partial charge in [0.05, 0.1) is 27.3 Å². The summed E-state index contributed by atoms with van der Waals surface area (Å²) in [6.45, 7) is 0. The normalized spacial score (nSPS) is 11.2. The molecular formula is C20H18N3O5S-. The number of nitrogens with one attached hydrogen (secondary N) is 1. The summed E-state index contributed by atoms with van der Waals surface area (Å²) in [6.07, 6.45) is 1.48. The van der Waals surface area contributed by atoms with Crippen molar-refractivity contribution in [3.8, 4) is 28.6 Å². The van der Waals surface area contributed by atoms with E-state index in [0.29, 0.717) is 34.2 Å². The largest absolute Gasteiger partial charge is 0.544 e. The Morgan fingerprint density at radius 2 is 1.72 bits per heavy atom. The summed E-state index contributed by atoms with van der Waals surface area (Å²) in [5, 5.41) is 18.7. The highest BCUT2D eigenvalue weighted by Crippen LogP contribution is 2.31. The van der Waals surface area contributed by atoms with Crippen molar-refractivity contribution in [1.29, 1.82) is 0 Å². The van der Waals surface area contributed by atoms with Crippen LogP contribution in [0.1, 0.15) is 5.56 Å². The number of rotatable bonds is 8. The highest BCUT2D eigenvalue weighted by atomic mass is 32.2. The van der Waals surface area contributed by atoms with E-state index in [2.05, 4.69) is 15.2 Å². The highest BCUT2D eigenvalue weighted by molar-refractivity contribution is 8.04. The number of carbonyl (C=O) groups excluding carboxylic acids is 1. The first-order valence-corrected chi connectivity index (χ1v) is 9.25. The predicted octanol–water partition coefficient (Wildman–Crippen LogP) is 2.38. The highest BCUT2D eigenvalue weighted by Gasteiger charge is 2.12. The lowest BCUT2D eigenvalue weighted by Gasteiger charge is -2.07. The van der Waals surface area contributed by atoms with Crippen LogP contribution in [0.5, 0.6) is 17.2 Å². The molecule has 1 heterocycles. The number of methoxy groups -OCH3 is 3. The molecule has 0 unspecified atom stereocenters. The summed E-state index contributed by atoms with van der Waals surface area (Å²) in [5.74, 6) is 0.932. The average Bonchev–Trinajstić information content (AvgIpc) is 3.21. The van der Waals surface area contributed by atoms with Crippen molar-refractivity contribution in [2.24, 2.45) is 0 Å². The first-order chi connectivity index (χ1) is 14.0. The van der Waals surface area contributed by atoms with Crippen molar-refractivity contribution in [3.63, 3.8) is 0 Å². The van der Waals surface area contributed by atoms with Crippen LogP contribution in [0.15, 0.2) is 52.5 Å². The van der Waals surface area contributed by atoms with Gasteiger partial charge in [0.25, 0.3) is 0 Å². The lowest BCUT2D eigenvalue weighted by molar-refractivity contribution is -0.298. The molecule has 0 saturated heterocycles. The van der Waals surface area contributed by atoms with Crippen LogP contribution < -0.4 is 19.3 Å². The van der Waals surface area contributed by atoms with E-state index in [-0.39, 0.29) is 10.1 Å². The van der Waals surface area contributed by atoms with Crippen LogP contribution in [0.3, 0.4) is 0 Å². The zero-order chi connectivity index (χ0) is 20.8. The maximum absolute atomic E-state index is 11.6. The van der Waals surface area contributed by atoms with Gasteiger partial charge in [-0.05, 0) is 47.7 Å². The number of aromatic nitrogens is 3. The van der Waals surface area contributed by atoms with Gasteiger partial charge in [-0.2, -0.15) is 0 Å². The third kappa shape index (κ3) is 5.08. The number of hydrogen-bond donors (Lipinski definition) is 1. The molecule has 150 valence electrons. The van der Waals surface area contributed by atoms with Crippen LogP contribution in [0.2, 0.25) is 0 Å². The summed E-state index contributed by atoms with van der Waals surface area (Å²) in [5.41, 5.74) is 1.34. The van der Waals surface area contributed by atoms with Crippen LogP contribution in [0.25, 0.3) is 17.5 Å². The molecule has 0 aliphatic rings. The smallest absolute Gasteiger partial charge is 0.213 e. The van der Waals surface area contributed by atoms with E-state index < -0.39 is 5.97 Å². The summed E-state index contributed by atoms with van der Waals surface area (Å²) < 4.78 is 15.7. The Labute approximate surface area is 171 Å². The predicted molar refractivity (Wildman–Crippen MR) is 107 cm³/mol. The second-order valence-electron chi connectivity index (χ2n) is 5.74. The number of hydrogen-bond acceptors (Lipinski definition) is 8. The van der Waals surface area contributed by atoms with Crippen molar-refractivity contribution in [2.75, 3.05) is 21.3 Å². The topological polar surface area (TPSA) is 109 Å². The Balaban J connectivity index is 1.87. The van der Waals surface area contributed by atoms with E-state index in [0.717, 1.165) is 11.8 Å². The average molecular weight is 412 g/mol. The SMILES string of the molecule is COc1cccc(/C=C(/Sc2n[nH]c(-c3cc(OC)cc(OC)c3)n2)C(=O)[O-])c1. The third-order valence-electron chi connectivity index (χ3n) is 3.88. The number of carbonyl (C=O) groups is 1. The molecule has 0 spiro atoms. The van der Waals surface area contributed by atoms with Crippen molar-refractivity contribution >= 4 is 23.8 Å². The first-order valence-electron chi connectivity index (χ1n) is 8.43.